The van der Waals surface area contributed by atoms with Crippen molar-refractivity contribution in [2.75, 3.05) is 26.7 Å². The van der Waals surface area contributed by atoms with Gasteiger partial charge >= 0.3 is 0 Å². The van der Waals surface area contributed by atoms with Crippen LogP contribution < -0.4 is 15.4 Å². The Morgan fingerprint density at radius 2 is 2.21 bits per heavy atom. The fourth-order valence-electron chi connectivity index (χ4n) is 1.81. The number of amides is 1. The van der Waals surface area contributed by atoms with E-state index in [0.29, 0.717) is 18.8 Å². The van der Waals surface area contributed by atoms with Crippen LogP contribution in [0.15, 0.2) is 18.2 Å². The van der Waals surface area contributed by atoms with Crippen molar-refractivity contribution in [3.8, 4) is 5.75 Å². The van der Waals surface area contributed by atoms with E-state index in [9.17, 15) is 9.90 Å². The van der Waals surface area contributed by atoms with Crippen LogP contribution in [0.25, 0.3) is 0 Å². The van der Waals surface area contributed by atoms with Gasteiger partial charge < -0.3 is 20.5 Å². The van der Waals surface area contributed by atoms with E-state index in [-0.39, 0.29) is 12.5 Å². The Balaban J connectivity index is 2.55. The fourth-order valence-corrected chi connectivity index (χ4v) is 1.81. The lowest BCUT2D eigenvalue weighted by atomic mass is 10.1. The molecule has 0 heterocycles. The number of aliphatic hydroxyl groups is 1. The number of methoxy groups -OCH3 is 1. The molecule has 0 radical (unpaired) electrons. The minimum absolute atomic E-state index is 0.0779. The van der Waals surface area contributed by atoms with E-state index < -0.39 is 6.10 Å². The summed E-state index contributed by atoms with van der Waals surface area (Å²) >= 11 is 0. The van der Waals surface area contributed by atoms with Crippen molar-refractivity contribution >= 4 is 5.91 Å². The number of benzene rings is 1. The molecule has 0 aliphatic rings. The van der Waals surface area contributed by atoms with Crippen molar-refractivity contribution in [2.24, 2.45) is 0 Å². The molecule has 5 heteroatoms. The highest BCUT2D eigenvalue weighted by Gasteiger charge is 2.13. The maximum absolute atomic E-state index is 11.3. The van der Waals surface area contributed by atoms with E-state index in [1.807, 2.05) is 32.0 Å². The molecule has 3 N–H and O–H groups in total. The van der Waals surface area contributed by atoms with Gasteiger partial charge in [0.2, 0.25) is 5.91 Å². The second-order valence-electron chi connectivity index (χ2n) is 4.35. The van der Waals surface area contributed by atoms with Gasteiger partial charge in [0.15, 0.2) is 0 Å². The Bertz CT molecular complexity index is 421. The number of nitrogens with one attached hydrogen (secondary N) is 2. The molecular weight excluding hydrogens is 244 g/mol. The molecule has 5 nitrogen and oxygen atoms in total. The quantitative estimate of drug-likeness (QED) is 0.681. The molecule has 0 aromatic heterocycles. The Kier molecular flexibility index (Phi) is 6.32. The molecule has 1 amide bonds. The van der Waals surface area contributed by atoms with Gasteiger partial charge in [-0.25, -0.2) is 0 Å². The topological polar surface area (TPSA) is 70.6 Å². The predicted molar refractivity (Wildman–Crippen MR) is 74.2 cm³/mol. The summed E-state index contributed by atoms with van der Waals surface area (Å²) in [4.78, 5) is 11.3. The Hall–Kier alpha value is -1.59. The molecule has 106 valence electrons. The number of rotatable bonds is 7. The standard InChI is InChI=1S/C14H22N2O3/c1-4-16-14(18)9-15-8-12(17)11-7-10(2)5-6-13(11)19-3/h5-7,12,15,17H,4,8-9H2,1-3H3,(H,16,18). The lowest BCUT2D eigenvalue weighted by Gasteiger charge is -2.16. The molecule has 1 rings (SSSR count). The van der Waals surface area contributed by atoms with Crippen molar-refractivity contribution in [2.45, 2.75) is 20.0 Å². The maximum atomic E-state index is 11.3. The summed E-state index contributed by atoms with van der Waals surface area (Å²) in [6, 6.07) is 5.64. The number of hydrogen-bond acceptors (Lipinski definition) is 4. The third-order valence-electron chi connectivity index (χ3n) is 2.74. The van der Waals surface area contributed by atoms with Crippen molar-refractivity contribution in [3.63, 3.8) is 0 Å². The van der Waals surface area contributed by atoms with E-state index >= 15 is 0 Å². The monoisotopic (exact) mass is 266 g/mol. The van der Waals surface area contributed by atoms with Crippen LogP contribution in [-0.4, -0.2) is 37.8 Å². The van der Waals surface area contributed by atoms with Crippen LogP contribution in [0.5, 0.6) is 5.75 Å². The van der Waals surface area contributed by atoms with Crippen molar-refractivity contribution < 1.29 is 14.6 Å². The van der Waals surface area contributed by atoms with Crippen LogP contribution in [0.3, 0.4) is 0 Å². The second-order valence-corrected chi connectivity index (χ2v) is 4.35. The van der Waals surface area contributed by atoms with Gasteiger partial charge in [0.1, 0.15) is 5.75 Å². The second kappa shape index (κ2) is 7.76. The number of likely N-dealkylation sites (N-methyl/N-ethyl adjacent to an activating group) is 1. The van der Waals surface area contributed by atoms with Crippen molar-refractivity contribution in [3.05, 3.63) is 29.3 Å². The lowest BCUT2D eigenvalue weighted by Crippen LogP contribution is -2.35. The molecule has 1 aromatic carbocycles. The molecule has 19 heavy (non-hydrogen) atoms. The first kappa shape index (κ1) is 15.5. The van der Waals surface area contributed by atoms with E-state index in [2.05, 4.69) is 10.6 Å². The number of ether oxygens (including phenoxy) is 1. The molecule has 0 fully saturated rings. The molecule has 1 aromatic rings. The van der Waals surface area contributed by atoms with Gasteiger partial charge in [-0.05, 0) is 26.0 Å². The minimum atomic E-state index is -0.704. The Morgan fingerprint density at radius 1 is 1.47 bits per heavy atom. The molecule has 0 bridgehead atoms. The molecule has 0 saturated heterocycles. The zero-order valence-corrected chi connectivity index (χ0v) is 11.7. The SMILES string of the molecule is CCNC(=O)CNCC(O)c1cc(C)ccc1OC. The van der Waals surface area contributed by atoms with Gasteiger partial charge in [-0.1, -0.05) is 11.6 Å². The predicted octanol–water partition coefficient (Wildman–Crippen LogP) is 0.763. The smallest absolute Gasteiger partial charge is 0.233 e. The number of aliphatic hydroxyl groups excluding tert-OH is 1. The summed E-state index contributed by atoms with van der Waals surface area (Å²) in [6.45, 7) is 4.92. The average Bonchev–Trinajstić information content (AvgIpc) is 2.38. The van der Waals surface area contributed by atoms with Crippen LogP contribution in [0.2, 0.25) is 0 Å². The summed E-state index contributed by atoms with van der Waals surface area (Å²) in [5, 5.41) is 15.7. The summed E-state index contributed by atoms with van der Waals surface area (Å²) in [5.74, 6) is 0.573. The van der Waals surface area contributed by atoms with Crippen LogP contribution in [0.1, 0.15) is 24.2 Å². The normalized spacial score (nSPS) is 12.0. The number of aryl methyl sites for hydroxylation is 1. The largest absolute Gasteiger partial charge is 0.496 e. The Labute approximate surface area is 114 Å². The van der Waals surface area contributed by atoms with Gasteiger partial charge in [0, 0.05) is 18.7 Å². The number of carbonyl (C=O) groups excluding carboxylic acids is 1. The third-order valence-corrected chi connectivity index (χ3v) is 2.74. The molecule has 0 aliphatic carbocycles. The maximum Gasteiger partial charge on any atom is 0.233 e. The van der Waals surface area contributed by atoms with E-state index in [1.165, 1.54) is 0 Å². The zero-order chi connectivity index (χ0) is 14.3. The molecule has 0 saturated carbocycles. The first-order valence-corrected chi connectivity index (χ1v) is 6.38. The first-order valence-electron chi connectivity index (χ1n) is 6.38. The molecule has 0 spiro atoms. The highest BCUT2D eigenvalue weighted by molar-refractivity contribution is 5.77. The average molecular weight is 266 g/mol. The third kappa shape index (κ3) is 4.89. The van der Waals surface area contributed by atoms with Crippen LogP contribution >= 0.6 is 0 Å². The van der Waals surface area contributed by atoms with Gasteiger partial charge in [0.25, 0.3) is 0 Å². The molecule has 0 aliphatic heterocycles. The van der Waals surface area contributed by atoms with Crippen molar-refractivity contribution in [1.82, 2.24) is 10.6 Å². The van der Waals surface area contributed by atoms with Gasteiger partial charge in [-0.2, -0.15) is 0 Å². The van der Waals surface area contributed by atoms with Gasteiger partial charge in [0.05, 0.1) is 19.8 Å². The summed E-state index contributed by atoms with van der Waals surface area (Å²) in [7, 11) is 1.57. The lowest BCUT2D eigenvalue weighted by molar-refractivity contribution is -0.120. The number of hydrogen-bond donors (Lipinski definition) is 3. The van der Waals surface area contributed by atoms with Crippen molar-refractivity contribution in [1.29, 1.82) is 0 Å². The van der Waals surface area contributed by atoms with Crippen LogP contribution in [0, 0.1) is 6.92 Å². The van der Waals surface area contributed by atoms with Gasteiger partial charge in [-0.15, -0.1) is 0 Å². The van der Waals surface area contributed by atoms with Crippen LogP contribution in [-0.2, 0) is 4.79 Å². The number of carbonyl (C=O) groups is 1. The van der Waals surface area contributed by atoms with E-state index in [1.54, 1.807) is 7.11 Å². The molecular formula is C14H22N2O3. The highest BCUT2D eigenvalue weighted by atomic mass is 16.5. The molecule has 1 atom stereocenters. The summed E-state index contributed by atoms with van der Waals surface area (Å²) < 4.78 is 5.22. The van der Waals surface area contributed by atoms with Crippen LogP contribution in [0.4, 0.5) is 0 Å². The fraction of sp³-hybridized carbons (Fsp3) is 0.500. The molecule has 1 unspecified atom stereocenters. The van der Waals surface area contributed by atoms with E-state index in [0.717, 1.165) is 11.1 Å². The summed E-state index contributed by atoms with van der Waals surface area (Å²) in [5.41, 5.74) is 1.78. The van der Waals surface area contributed by atoms with Gasteiger partial charge in [-0.3, -0.25) is 4.79 Å². The first-order chi connectivity index (χ1) is 9.08. The highest BCUT2D eigenvalue weighted by Crippen LogP contribution is 2.25. The summed E-state index contributed by atoms with van der Waals surface area (Å²) in [6.07, 6.45) is -0.704. The van der Waals surface area contributed by atoms with E-state index in [4.69, 9.17) is 4.74 Å². The minimum Gasteiger partial charge on any atom is -0.496 e. The zero-order valence-electron chi connectivity index (χ0n) is 11.7. The Morgan fingerprint density at radius 3 is 2.84 bits per heavy atom.